The zero-order valence-corrected chi connectivity index (χ0v) is 14.4. The summed E-state index contributed by atoms with van der Waals surface area (Å²) in [6.07, 6.45) is 0. The van der Waals surface area contributed by atoms with Crippen molar-refractivity contribution < 1.29 is 14.1 Å². The molecule has 0 bridgehead atoms. The zero-order chi connectivity index (χ0) is 15.9. The lowest BCUT2D eigenvalue weighted by molar-refractivity contribution is -0.118. The van der Waals surface area contributed by atoms with Gasteiger partial charge in [0, 0.05) is 37.0 Å². The summed E-state index contributed by atoms with van der Waals surface area (Å²) in [7, 11) is 0. The van der Waals surface area contributed by atoms with Crippen molar-refractivity contribution >= 4 is 17.7 Å². The Hall–Kier alpha value is -1.05. The van der Waals surface area contributed by atoms with E-state index in [1.807, 2.05) is 13.8 Å². The van der Waals surface area contributed by atoms with E-state index in [0.717, 1.165) is 49.1 Å². The highest BCUT2D eigenvalue weighted by molar-refractivity contribution is 7.99. The molecular weight excluding hydrogens is 302 g/mol. The second-order valence-electron chi connectivity index (χ2n) is 5.60. The van der Waals surface area contributed by atoms with Crippen molar-refractivity contribution in [3.05, 3.63) is 17.0 Å². The third-order valence-corrected chi connectivity index (χ3v) is 4.88. The number of ether oxygens (including phenoxy) is 1. The molecular formula is C15H25N3O3S. The van der Waals surface area contributed by atoms with Crippen LogP contribution in [0.2, 0.25) is 0 Å². The standard InChI is InChI=1S/C15H25N3O3S/c1-11(18-4-6-20-7-5-18)8-16-15(19)10-22-9-14-12(2)17-21-13(14)3/h11H,4-10H2,1-3H3,(H,16,19). The maximum absolute atomic E-state index is 11.9. The number of thioether (sulfide) groups is 1. The SMILES string of the molecule is Cc1noc(C)c1CSCC(=O)NCC(C)N1CCOCC1. The van der Waals surface area contributed by atoms with E-state index in [9.17, 15) is 4.79 Å². The number of hydrogen-bond acceptors (Lipinski definition) is 6. The molecule has 0 radical (unpaired) electrons. The molecule has 2 rings (SSSR count). The lowest BCUT2D eigenvalue weighted by Crippen LogP contribution is -2.47. The van der Waals surface area contributed by atoms with Gasteiger partial charge in [-0.05, 0) is 20.8 Å². The fourth-order valence-electron chi connectivity index (χ4n) is 2.41. The van der Waals surface area contributed by atoms with Crippen LogP contribution in [0.25, 0.3) is 0 Å². The summed E-state index contributed by atoms with van der Waals surface area (Å²) in [5, 5.41) is 6.93. The Labute approximate surface area is 135 Å². The molecule has 1 unspecified atom stereocenters. The van der Waals surface area contributed by atoms with Gasteiger partial charge < -0.3 is 14.6 Å². The predicted molar refractivity (Wildman–Crippen MR) is 87.0 cm³/mol. The fraction of sp³-hybridized carbons (Fsp3) is 0.733. The van der Waals surface area contributed by atoms with Gasteiger partial charge in [0.25, 0.3) is 0 Å². The van der Waals surface area contributed by atoms with Crippen LogP contribution in [0.5, 0.6) is 0 Å². The van der Waals surface area contributed by atoms with Gasteiger partial charge in [-0.15, -0.1) is 11.8 Å². The minimum atomic E-state index is 0.0804. The van der Waals surface area contributed by atoms with Gasteiger partial charge in [-0.2, -0.15) is 0 Å². The minimum absolute atomic E-state index is 0.0804. The van der Waals surface area contributed by atoms with Crippen molar-refractivity contribution in [1.29, 1.82) is 0 Å². The molecule has 1 N–H and O–H groups in total. The normalized spacial score (nSPS) is 17.4. The highest BCUT2D eigenvalue weighted by Crippen LogP contribution is 2.19. The molecule has 1 fully saturated rings. The van der Waals surface area contributed by atoms with E-state index in [-0.39, 0.29) is 5.91 Å². The predicted octanol–water partition coefficient (Wildman–Crippen LogP) is 1.36. The summed E-state index contributed by atoms with van der Waals surface area (Å²) in [6.45, 7) is 10.1. The molecule has 0 aliphatic carbocycles. The number of hydrogen-bond donors (Lipinski definition) is 1. The maximum atomic E-state index is 11.9. The first-order chi connectivity index (χ1) is 10.6. The second kappa shape index (κ2) is 8.55. The third-order valence-electron chi connectivity index (χ3n) is 3.92. The first-order valence-corrected chi connectivity index (χ1v) is 8.81. The molecule has 1 aliphatic heterocycles. The van der Waals surface area contributed by atoms with Crippen LogP contribution >= 0.6 is 11.8 Å². The van der Waals surface area contributed by atoms with Crippen LogP contribution in [0, 0.1) is 13.8 Å². The third kappa shape index (κ3) is 5.00. The van der Waals surface area contributed by atoms with Crippen molar-refractivity contribution in [2.45, 2.75) is 32.6 Å². The smallest absolute Gasteiger partial charge is 0.230 e. The Morgan fingerprint density at radius 2 is 2.14 bits per heavy atom. The highest BCUT2D eigenvalue weighted by atomic mass is 32.2. The van der Waals surface area contributed by atoms with Crippen LogP contribution in [0.4, 0.5) is 0 Å². The molecule has 6 nitrogen and oxygen atoms in total. The topological polar surface area (TPSA) is 67.6 Å². The number of morpholine rings is 1. The highest BCUT2D eigenvalue weighted by Gasteiger charge is 2.17. The largest absolute Gasteiger partial charge is 0.379 e. The number of rotatable bonds is 7. The number of amides is 1. The fourth-order valence-corrected chi connectivity index (χ4v) is 3.42. The lowest BCUT2D eigenvalue weighted by atomic mass is 10.2. The Morgan fingerprint density at radius 1 is 1.41 bits per heavy atom. The molecule has 1 amide bonds. The van der Waals surface area contributed by atoms with Crippen molar-refractivity contribution in [2.75, 3.05) is 38.6 Å². The Morgan fingerprint density at radius 3 is 2.77 bits per heavy atom. The van der Waals surface area contributed by atoms with E-state index in [0.29, 0.717) is 18.3 Å². The van der Waals surface area contributed by atoms with Crippen LogP contribution in [0.3, 0.4) is 0 Å². The molecule has 2 heterocycles. The molecule has 22 heavy (non-hydrogen) atoms. The van der Waals surface area contributed by atoms with Gasteiger partial charge >= 0.3 is 0 Å². The molecule has 0 aromatic carbocycles. The molecule has 0 spiro atoms. The summed E-state index contributed by atoms with van der Waals surface area (Å²) in [5.74, 6) is 2.14. The van der Waals surface area contributed by atoms with E-state index in [1.165, 1.54) is 0 Å². The van der Waals surface area contributed by atoms with Crippen molar-refractivity contribution in [3.63, 3.8) is 0 Å². The first-order valence-electron chi connectivity index (χ1n) is 7.66. The quantitative estimate of drug-likeness (QED) is 0.816. The lowest BCUT2D eigenvalue weighted by Gasteiger charge is -2.32. The molecule has 1 atom stereocenters. The summed E-state index contributed by atoms with van der Waals surface area (Å²) < 4.78 is 10.5. The number of carbonyl (C=O) groups excluding carboxylic acids is 1. The monoisotopic (exact) mass is 327 g/mol. The number of aryl methyl sites for hydroxylation is 2. The van der Waals surface area contributed by atoms with E-state index in [4.69, 9.17) is 9.26 Å². The molecule has 0 saturated carbocycles. The number of nitrogens with one attached hydrogen (secondary N) is 1. The number of aromatic nitrogens is 1. The summed E-state index contributed by atoms with van der Waals surface area (Å²) in [4.78, 5) is 14.3. The summed E-state index contributed by atoms with van der Waals surface area (Å²) in [6, 6.07) is 0.348. The molecule has 1 aliphatic rings. The van der Waals surface area contributed by atoms with Gasteiger partial charge in [-0.1, -0.05) is 5.16 Å². The van der Waals surface area contributed by atoms with Gasteiger partial charge in [-0.25, -0.2) is 0 Å². The average Bonchev–Trinajstić information content (AvgIpc) is 2.85. The zero-order valence-electron chi connectivity index (χ0n) is 13.6. The molecule has 1 aromatic heterocycles. The maximum Gasteiger partial charge on any atom is 0.230 e. The number of carbonyl (C=O) groups is 1. The minimum Gasteiger partial charge on any atom is -0.379 e. The van der Waals surface area contributed by atoms with Crippen molar-refractivity contribution in [1.82, 2.24) is 15.4 Å². The molecule has 124 valence electrons. The van der Waals surface area contributed by atoms with Crippen LogP contribution in [-0.2, 0) is 15.3 Å². The second-order valence-corrected chi connectivity index (χ2v) is 6.58. The van der Waals surface area contributed by atoms with Crippen LogP contribution in [0.15, 0.2) is 4.52 Å². The average molecular weight is 327 g/mol. The van der Waals surface area contributed by atoms with Crippen molar-refractivity contribution in [3.8, 4) is 0 Å². The van der Waals surface area contributed by atoms with Gasteiger partial charge in [-0.3, -0.25) is 9.69 Å². The summed E-state index contributed by atoms with van der Waals surface area (Å²) in [5.41, 5.74) is 2.01. The Bertz CT molecular complexity index is 467. The Balaban J connectivity index is 1.63. The van der Waals surface area contributed by atoms with Gasteiger partial charge in [0.15, 0.2) is 0 Å². The molecule has 1 aromatic rings. The Kier molecular flexibility index (Phi) is 6.72. The van der Waals surface area contributed by atoms with Gasteiger partial charge in [0.2, 0.25) is 5.91 Å². The first kappa shape index (κ1) is 17.3. The number of nitrogens with zero attached hydrogens (tertiary/aromatic N) is 2. The summed E-state index contributed by atoms with van der Waals surface area (Å²) >= 11 is 1.59. The molecule has 1 saturated heterocycles. The van der Waals surface area contributed by atoms with E-state index in [1.54, 1.807) is 11.8 Å². The van der Waals surface area contributed by atoms with Crippen LogP contribution in [-0.4, -0.2) is 60.6 Å². The van der Waals surface area contributed by atoms with Crippen molar-refractivity contribution in [2.24, 2.45) is 0 Å². The van der Waals surface area contributed by atoms with E-state index in [2.05, 4.69) is 22.3 Å². The molecule has 7 heteroatoms. The van der Waals surface area contributed by atoms with Crippen LogP contribution in [0.1, 0.15) is 23.9 Å². The van der Waals surface area contributed by atoms with E-state index >= 15 is 0 Å². The van der Waals surface area contributed by atoms with Gasteiger partial charge in [0.05, 0.1) is 24.7 Å². The van der Waals surface area contributed by atoms with Crippen LogP contribution < -0.4 is 5.32 Å². The van der Waals surface area contributed by atoms with Gasteiger partial charge in [0.1, 0.15) is 5.76 Å². The van der Waals surface area contributed by atoms with E-state index < -0.39 is 0 Å².